The van der Waals surface area contributed by atoms with Crippen LogP contribution in [0, 0.1) is 11.3 Å². The van der Waals surface area contributed by atoms with Crippen molar-refractivity contribution < 1.29 is 0 Å². The molecular weight excluding hydrogens is 202 g/mol. The Kier molecular flexibility index (Phi) is 5.48. The first-order valence-corrected chi connectivity index (χ1v) is 7.65. The largest absolute Gasteiger partial charge is 0.314 e. The van der Waals surface area contributed by atoms with Crippen LogP contribution >= 0.6 is 11.8 Å². The fourth-order valence-corrected chi connectivity index (χ4v) is 3.00. The Morgan fingerprint density at radius 1 is 1.33 bits per heavy atom. The SMILES string of the molecule is CSCC(C)CNC1CCC(C)(C)CC1. The third kappa shape index (κ3) is 5.26. The lowest BCUT2D eigenvalue weighted by Crippen LogP contribution is -2.38. The molecule has 0 radical (unpaired) electrons. The van der Waals surface area contributed by atoms with Crippen LogP contribution in [0.3, 0.4) is 0 Å². The summed E-state index contributed by atoms with van der Waals surface area (Å²) in [5, 5.41) is 3.73. The highest BCUT2D eigenvalue weighted by molar-refractivity contribution is 7.98. The maximum absolute atomic E-state index is 3.73. The Balaban J connectivity index is 2.13. The summed E-state index contributed by atoms with van der Waals surface area (Å²) in [6.07, 6.45) is 7.72. The maximum atomic E-state index is 3.73. The molecule has 0 amide bonds. The highest BCUT2D eigenvalue weighted by Crippen LogP contribution is 2.34. The van der Waals surface area contributed by atoms with Crippen LogP contribution in [-0.4, -0.2) is 24.6 Å². The van der Waals surface area contributed by atoms with Crippen LogP contribution in [-0.2, 0) is 0 Å². The van der Waals surface area contributed by atoms with Gasteiger partial charge in [-0.3, -0.25) is 0 Å². The van der Waals surface area contributed by atoms with Crippen LogP contribution in [0.15, 0.2) is 0 Å². The van der Waals surface area contributed by atoms with Crippen molar-refractivity contribution in [3.05, 3.63) is 0 Å². The van der Waals surface area contributed by atoms with Crippen LogP contribution in [0.5, 0.6) is 0 Å². The molecular formula is C13H27NS. The van der Waals surface area contributed by atoms with Gasteiger partial charge in [0.15, 0.2) is 0 Å². The van der Waals surface area contributed by atoms with Crippen molar-refractivity contribution in [2.45, 2.75) is 52.5 Å². The maximum Gasteiger partial charge on any atom is 0.00675 e. The van der Waals surface area contributed by atoms with E-state index in [1.165, 1.54) is 38.0 Å². The fourth-order valence-electron chi connectivity index (χ4n) is 2.31. The van der Waals surface area contributed by atoms with Gasteiger partial charge in [0.2, 0.25) is 0 Å². The molecule has 1 aliphatic rings. The van der Waals surface area contributed by atoms with E-state index >= 15 is 0 Å². The van der Waals surface area contributed by atoms with E-state index in [9.17, 15) is 0 Å². The second-order valence-electron chi connectivity index (χ2n) is 5.91. The predicted molar refractivity (Wildman–Crippen MR) is 71.6 cm³/mol. The summed E-state index contributed by atoms with van der Waals surface area (Å²) in [6.45, 7) is 8.35. The summed E-state index contributed by atoms with van der Waals surface area (Å²) in [5.41, 5.74) is 0.600. The van der Waals surface area contributed by atoms with Gasteiger partial charge in [-0.15, -0.1) is 0 Å². The molecule has 0 heterocycles. The van der Waals surface area contributed by atoms with Crippen molar-refractivity contribution in [2.75, 3.05) is 18.6 Å². The second kappa shape index (κ2) is 6.15. The summed E-state index contributed by atoms with van der Waals surface area (Å²) in [4.78, 5) is 0. The number of rotatable bonds is 5. The monoisotopic (exact) mass is 229 g/mol. The highest BCUT2D eigenvalue weighted by atomic mass is 32.2. The third-order valence-corrected chi connectivity index (χ3v) is 4.45. The molecule has 0 aromatic heterocycles. The van der Waals surface area contributed by atoms with Gasteiger partial charge in [0.1, 0.15) is 0 Å². The van der Waals surface area contributed by atoms with Crippen molar-refractivity contribution in [1.82, 2.24) is 5.32 Å². The van der Waals surface area contributed by atoms with Gasteiger partial charge in [-0.25, -0.2) is 0 Å². The van der Waals surface area contributed by atoms with Gasteiger partial charge < -0.3 is 5.32 Å². The van der Waals surface area contributed by atoms with E-state index in [-0.39, 0.29) is 0 Å². The van der Waals surface area contributed by atoms with Gasteiger partial charge in [0.05, 0.1) is 0 Å². The molecule has 1 nitrogen and oxygen atoms in total. The molecule has 1 unspecified atom stereocenters. The number of thioether (sulfide) groups is 1. The van der Waals surface area contributed by atoms with Crippen molar-refractivity contribution in [3.8, 4) is 0 Å². The van der Waals surface area contributed by atoms with E-state index in [0.717, 1.165) is 12.0 Å². The van der Waals surface area contributed by atoms with E-state index < -0.39 is 0 Å². The second-order valence-corrected chi connectivity index (χ2v) is 6.82. The highest BCUT2D eigenvalue weighted by Gasteiger charge is 2.26. The van der Waals surface area contributed by atoms with Gasteiger partial charge >= 0.3 is 0 Å². The molecule has 1 N–H and O–H groups in total. The van der Waals surface area contributed by atoms with Crippen molar-refractivity contribution in [2.24, 2.45) is 11.3 Å². The van der Waals surface area contributed by atoms with Crippen LogP contribution in [0.1, 0.15) is 46.5 Å². The Labute approximate surface area is 99.8 Å². The number of nitrogens with one attached hydrogen (secondary N) is 1. The Hall–Kier alpha value is 0.310. The molecule has 1 atom stereocenters. The summed E-state index contributed by atoms with van der Waals surface area (Å²) >= 11 is 1.96. The molecule has 0 spiro atoms. The first kappa shape index (κ1) is 13.4. The van der Waals surface area contributed by atoms with Gasteiger partial charge in [-0.2, -0.15) is 11.8 Å². The Morgan fingerprint density at radius 2 is 1.93 bits per heavy atom. The molecule has 90 valence electrons. The smallest absolute Gasteiger partial charge is 0.00675 e. The van der Waals surface area contributed by atoms with Crippen molar-refractivity contribution >= 4 is 11.8 Å². The molecule has 1 fully saturated rings. The molecule has 15 heavy (non-hydrogen) atoms. The van der Waals surface area contributed by atoms with Gasteiger partial charge in [0.25, 0.3) is 0 Å². The van der Waals surface area contributed by atoms with E-state index in [1.54, 1.807) is 0 Å². The molecule has 0 aromatic carbocycles. The van der Waals surface area contributed by atoms with E-state index in [0.29, 0.717) is 5.41 Å². The quantitative estimate of drug-likeness (QED) is 0.774. The molecule has 0 saturated heterocycles. The summed E-state index contributed by atoms with van der Waals surface area (Å²) in [7, 11) is 0. The minimum Gasteiger partial charge on any atom is -0.314 e. The van der Waals surface area contributed by atoms with E-state index in [4.69, 9.17) is 0 Å². The van der Waals surface area contributed by atoms with E-state index in [2.05, 4.69) is 32.3 Å². The number of hydrogen-bond donors (Lipinski definition) is 1. The first-order valence-electron chi connectivity index (χ1n) is 6.26. The van der Waals surface area contributed by atoms with Crippen LogP contribution in [0.2, 0.25) is 0 Å². The van der Waals surface area contributed by atoms with Gasteiger partial charge in [-0.05, 0) is 55.6 Å². The fraction of sp³-hybridized carbons (Fsp3) is 1.00. The zero-order chi connectivity index (χ0) is 11.3. The normalized spacial score (nSPS) is 24.0. The molecule has 0 aromatic rings. The first-order chi connectivity index (χ1) is 7.03. The summed E-state index contributed by atoms with van der Waals surface area (Å²) in [5.74, 6) is 2.10. The average molecular weight is 229 g/mol. The zero-order valence-electron chi connectivity index (χ0n) is 10.8. The molecule has 2 heteroatoms. The predicted octanol–water partition coefficient (Wildman–Crippen LogP) is 3.54. The zero-order valence-corrected chi connectivity index (χ0v) is 11.6. The van der Waals surface area contributed by atoms with Crippen LogP contribution < -0.4 is 5.32 Å². The van der Waals surface area contributed by atoms with Gasteiger partial charge in [-0.1, -0.05) is 20.8 Å². The lowest BCUT2D eigenvalue weighted by Gasteiger charge is -2.35. The molecule has 1 saturated carbocycles. The third-order valence-electron chi connectivity index (χ3n) is 3.55. The molecule has 1 rings (SSSR count). The summed E-state index contributed by atoms with van der Waals surface area (Å²) in [6, 6.07) is 0.794. The van der Waals surface area contributed by atoms with Crippen molar-refractivity contribution in [1.29, 1.82) is 0 Å². The van der Waals surface area contributed by atoms with Crippen LogP contribution in [0.4, 0.5) is 0 Å². The Morgan fingerprint density at radius 3 is 2.47 bits per heavy atom. The molecule has 0 bridgehead atoms. The lowest BCUT2D eigenvalue weighted by atomic mass is 9.75. The van der Waals surface area contributed by atoms with Gasteiger partial charge in [0, 0.05) is 6.04 Å². The molecule has 1 aliphatic carbocycles. The van der Waals surface area contributed by atoms with Crippen molar-refractivity contribution in [3.63, 3.8) is 0 Å². The number of hydrogen-bond acceptors (Lipinski definition) is 2. The lowest BCUT2D eigenvalue weighted by molar-refractivity contribution is 0.204. The summed E-state index contributed by atoms with van der Waals surface area (Å²) < 4.78 is 0. The minimum atomic E-state index is 0.600. The minimum absolute atomic E-state index is 0.600. The topological polar surface area (TPSA) is 12.0 Å². The average Bonchev–Trinajstić information content (AvgIpc) is 2.17. The Bertz CT molecular complexity index is 169. The molecule has 0 aliphatic heterocycles. The van der Waals surface area contributed by atoms with Crippen LogP contribution in [0.25, 0.3) is 0 Å². The van der Waals surface area contributed by atoms with E-state index in [1.807, 2.05) is 11.8 Å². The standard InChI is InChI=1S/C13H27NS/c1-11(10-15-4)9-14-12-5-7-13(2,3)8-6-12/h11-12,14H,5-10H2,1-4H3.